The van der Waals surface area contributed by atoms with Gasteiger partial charge in [-0.3, -0.25) is 0 Å². The maximum absolute atomic E-state index is 5.69. The van der Waals surface area contributed by atoms with Crippen molar-refractivity contribution in [3.63, 3.8) is 0 Å². The first-order valence-electron chi connectivity index (χ1n) is 7.27. The Kier molecular flexibility index (Phi) is 6.02. The fourth-order valence-electron chi connectivity index (χ4n) is 2.30. The van der Waals surface area contributed by atoms with E-state index in [1.165, 1.54) is 23.4 Å². The van der Waals surface area contributed by atoms with Crippen molar-refractivity contribution in [3.05, 3.63) is 47.0 Å². The highest BCUT2D eigenvalue weighted by Crippen LogP contribution is 2.27. The second-order valence-electron chi connectivity index (χ2n) is 4.97. The van der Waals surface area contributed by atoms with Gasteiger partial charge in [-0.05, 0) is 32.2 Å². The van der Waals surface area contributed by atoms with Crippen LogP contribution in [0.2, 0.25) is 0 Å². The van der Waals surface area contributed by atoms with Gasteiger partial charge in [0, 0.05) is 10.9 Å². The lowest BCUT2D eigenvalue weighted by atomic mass is 9.98. The SMILES string of the molecule is CCCN[C@H]1CCc2nc(N)sc2C1.c1ccccc1. The van der Waals surface area contributed by atoms with E-state index in [-0.39, 0.29) is 0 Å². The van der Waals surface area contributed by atoms with E-state index in [0.29, 0.717) is 6.04 Å². The predicted octanol–water partition coefficient (Wildman–Crippen LogP) is 3.27. The molecule has 20 heavy (non-hydrogen) atoms. The first-order valence-corrected chi connectivity index (χ1v) is 8.08. The van der Waals surface area contributed by atoms with Crippen LogP contribution in [0.1, 0.15) is 30.3 Å². The van der Waals surface area contributed by atoms with E-state index in [4.69, 9.17) is 5.73 Å². The van der Waals surface area contributed by atoms with E-state index < -0.39 is 0 Å². The molecule has 0 spiro atoms. The van der Waals surface area contributed by atoms with E-state index in [1.807, 2.05) is 36.4 Å². The third-order valence-electron chi connectivity index (χ3n) is 3.31. The minimum Gasteiger partial charge on any atom is -0.375 e. The molecule has 3 nitrogen and oxygen atoms in total. The average molecular weight is 289 g/mol. The molecule has 108 valence electrons. The van der Waals surface area contributed by atoms with Crippen LogP contribution in [0.5, 0.6) is 0 Å². The highest BCUT2D eigenvalue weighted by molar-refractivity contribution is 7.15. The first kappa shape index (κ1) is 15.0. The fraction of sp³-hybridized carbons (Fsp3) is 0.438. The molecule has 3 rings (SSSR count). The third-order valence-corrected chi connectivity index (χ3v) is 4.25. The Labute approximate surface area is 125 Å². The maximum Gasteiger partial charge on any atom is 0.180 e. The fourth-order valence-corrected chi connectivity index (χ4v) is 3.26. The molecule has 0 bridgehead atoms. The summed E-state index contributed by atoms with van der Waals surface area (Å²) in [4.78, 5) is 5.73. The number of nitrogens with two attached hydrogens (primary N) is 1. The summed E-state index contributed by atoms with van der Waals surface area (Å²) in [6.45, 7) is 3.32. The average Bonchev–Trinajstić information content (AvgIpc) is 2.87. The number of hydrogen-bond donors (Lipinski definition) is 2. The van der Waals surface area contributed by atoms with Crippen LogP contribution in [0.15, 0.2) is 36.4 Å². The van der Waals surface area contributed by atoms with Gasteiger partial charge in [-0.25, -0.2) is 4.98 Å². The van der Waals surface area contributed by atoms with Crippen molar-refractivity contribution >= 4 is 16.5 Å². The molecule has 1 atom stereocenters. The number of nitrogen functional groups attached to an aromatic ring is 1. The number of fused-ring (bicyclic) bond motifs is 1. The minimum absolute atomic E-state index is 0.641. The number of anilines is 1. The summed E-state index contributed by atoms with van der Waals surface area (Å²) in [6.07, 6.45) is 4.61. The molecule has 4 heteroatoms. The summed E-state index contributed by atoms with van der Waals surface area (Å²) in [5.74, 6) is 0. The summed E-state index contributed by atoms with van der Waals surface area (Å²) in [7, 11) is 0. The van der Waals surface area contributed by atoms with Gasteiger partial charge >= 0.3 is 0 Å². The molecule has 1 aromatic heterocycles. The van der Waals surface area contributed by atoms with Crippen LogP contribution in [0.4, 0.5) is 5.13 Å². The molecule has 2 aromatic rings. The number of benzene rings is 1. The molecule has 0 amide bonds. The van der Waals surface area contributed by atoms with Gasteiger partial charge in [-0.15, -0.1) is 11.3 Å². The number of hydrogen-bond acceptors (Lipinski definition) is 4. The maximum atomic E-state index is 5.69. The van der Waals surface area contributed by atoms with Gasteiger partial charge in [-0.2, -0.15) is 0 Å². The summed E-state index contributed by atoms with van der Waals surface area (Å²) in [5, 5.41) is 4.29. The molecule has 1 aliphatic rings. The van der Waals surface area contributed by atoms with Gasteiger partial charge in [-0.1, -0.05) is 43.3 Å². The Morgan fingerprint density at radius 3 is 2.50 bits per heavy atom. The van der Waals surface area contributed by atoms with Crippen molar-refractivity contribution in [3.8, 4) is 0 Å². The van der Waals surface area contributed by atoms with Gasteiger partial charge in [0.05, 0.1) is 5.69 Å². The molecule has 1 aliphatic carbocycles. The van der Waals surface area contributed by atoms with E-state index >= 15 is 0 Å². The second-order valence-corrected chi connectivity index (χ2v) is 6.09. The topological polar surface area (TPSA) is 50.9 Å². The Balaban J connectivity index is 0.000000205. The molecule has 1 aromatic carbocycles. The molecular formula is C16H23N3S. The van der Waals surface area contributed by atoms with E-state index in [2.05, 4.69) is 17.2 Å². The van der Waals surface area contributed by atoms with Crippen LogP contribution < -0.4 is 11.1 Å². The molecule has 0 radical (unpaired) electrons. The van der Waals surface area contributed by atoms with Crippen molar-refractivity contribution in [2.75, 3.05) is 12.3 Å². The van der Waals surface area contributed by atoms with Crippen LogP contribution in [0.25, 0.3) is 0 Å². The van der Waals surface area contributed by atoms with Crippen molar-refractivity contribution in [2.24, 2.45) is 0 Å². The molecule has 1 heterocycles. The van der Waals surface area contributed by atoms with Gasteiger partial charge in [0.2, 0.25) is 0 Å². The van der Waals surface area contributed by atoms with Crippen molar-refractivity contribution in [1.29, 1.82) is 0 Å². The van der Waals surface area contributed by atoms with Gasteiger partial charge in [0.1, 0.15) is 0 Å². The smallest absolute Gasteiger partial charge is 0.180 e. The van der Waals surface area contributed by atoms with Crippen LogP contribution in [0, 0.1) is 0 Å². The van der Waals surface area contributed by atoms with Crippen LogP contribution in [-0.2, 0) is 12.8 Å². The zero-order chi connectivity index (χ0) is 14.2. The van der Waals surface area contributed by atoms with Crippen LogP contribution in [0.3, 0.4) is 0 Å². The van der Waals surface area contributed by atoms with E-state index in [1.54, 1.807) is 11.3 Å². The van der Waals surface area contributed by atoms with Gasteiger partial charge in [0.15, 0.2) is 5.13 Å². The molecule has 3 N–H and O–H groups in total. The molecule has 0 fully saturated rings. The van der Waals surface area contributed by atoms with Crippen molar-refractivity contribution in [2.45, 2.75) is 38.6 Å². The number of nitrogens with zero attached hydrogens (tertiary/aromatic N) is 1. The lowest BCUT2D eigenvalue weighted by Crippen LogP contribution is -2.34. The van der Waals surface area contributed by atoms with E-state index in [9.17, 15) is 0 Å². The molecule has 0 saturated heterocycles. The Bertz CT molecular complexity index is 469. The van der Waals surface area contributed by atoms with Gasteiger partial charge in [0.25, 0.3) is 0 Å². The third kappa shape index (κ3) is 4.62. The molecule has 0 unspecified atom stereocenters. The lowest BCUT2D eigenvalue weighted by molar-refractivity contribution is 0.460. The van der Waals surface area contributed by atoms with Crippen LogP contribution in [-0.4, -0.2) is 17.6 Å². The number of aromatic nitrogens is 1. The van der Waals surface area contributed by atoms with Gasteiger partial charge < -0.3 is 11.1 Å². The second kappa shape index (κ2) is 8.02. The Morgan fingerprint density at radius 2 is 1.90 bits per heavy atom. The highest BCUT2D eigenvalue weighted by atomic mass is 32.1. The molecule has 0 saturated carbocycles. The molecule has 0 aliphatic heterocycles. The van der Waals surface area contributed by atoms with Crippen molar-refractivity contribution in [1.82, 2.24) is 10.3 Å². The minimum atomic E-state index is 0.641. The quantitative estimate of drug-likeness (QED) is 0.912. The monoisotopic (exact) mass is 289 g/mol. The Hall–Kier alpha value is -1.39. The summed E-state index contributed by atoms with van der Waals surface area (Å²) in [5.41, 5.74) is 6.93. The number of nitrogens with one attached hydrogen (secondary N) is 1. The Morgan fingerprint density at radius 1 is 1.25 bits per heavy atom. The number of thiazole rings is 1. The molecular weight excluding hydrogens is 266 g/mol. The standard InChI is InChI=1S/C10H17N3S.C6H6/c1-2-5-12-7-3-4-8-9(6-7)14-10(11)13-8;1-2-4-6-5-3-1/h7,12H,2-6H2,1H3,(H2,11,13);1-6H/t7-;/m0./s1. The summed E-state index contributed by atoms with van der Waals surface area (Å²) >= 11 is 1.65. The predicted molar refractivity (Wildman–Crippen MR) is 87.1 cm³/mol. The van der Waals surface area contributed by atoms with E-state index in [0.717, 1.165) is 24.5 Å². The first-order chi connectivity index (χ1) is 9.79. The highest BCUT2D eigenvalue weighted by Gasteiger charge is 2.21. The summed E-state index contributed by atoms with van der Waals surface area (Å²) in [6, 6.07) is 12.6. The normalized spacial score (nSPS) is 16.9. The van der Waals surface area contributed by atoms with Crippen LogP contribution >= 0.6 is 11.3 Å². The zero-order valence-corrected chi connectivity index (χ0v) is 12.8. The lowest BCUT2D eigenvalue weighted by Gasteiger charge is -2.21. The number of aryl methyl sites for hydroxylation is 1. The zero-order valence-electron chi connectivity index (χ0n) is 12.0. The van der Waals surface area contributed by atoms with Crippen molar-refractivity contribution < 1.29 is 0 Å². The largest absolute Gasteiger partial charge is 0.375 e. The summed E-state index contributed by atoms with van der Waals surface area (Å²) < 4.78 is 0. The number of rotatable bonds is 3.